The molecule has 0 bridgehead atoms. The monoisotopic (exact) mass is 332 g/mol. The molecule has 2 rings (SSSR count). The van der Waals surface area contributed by atoms with Crippen molar-refractivity contribution in [1.82, 2.24) is 10.3 Å². The third kappa shape index (κ3) is 4.24. The second-order valence-corrected chi connectivity index (χ2v) is 8.39. The Bertz CT molecular complexity index is 665. The summed E-state index contributed by atoms with van der Waals surface area (Å²) in [5.74, 6) is -1.17. The highest BCUT2D eigenvalue weighted by Gasteiger charge is 2.29. The molecule has 7 nitrogen and oxygen atoms in total. The van der Waals surface area contributed by atoms with Crippen LogP contribution in [0.1, 0.15) is 33.2 Å². The number of thiazole rings is 1. The van der Waals surface area contributed by atoms with Gasteiger partial charge >= 0.3 is 5.97 Å². The molecule has 0 aliphatic carbocycles. The van der Waals surface area contributed by atoms with Crippen LogP contribution in [0.15, 0.2) is 0 Å². The second kappa shape index (κ2) is 6.10. The molecule has 1 unspecified atom stereocenters. The van der Waals surface area contributed by atoms with Gasteiger partial charge in [-0.25, -0.2) is 18.2 Å². The van der Waals surface area contributed by atoms with Crippen LogP contribution < -0.4 is 5.32 Å². The largest absolute Gasteiger partial charge is 0.477 e. The number of aromatic carboxylic acids is 1. The Morgan fingerprint density at radius 3 is 2.71 bits per heavy atom. The molecule has 0 aromatic carbocycles. The van der Waals surface area contributed by atoms with E-state index in [1.807, 2.05) is 0 Å². The summed E-state index contributed by atoms with van der Waals surface area (Å²) < 4.78 is 22.6. The van der Waals surface area contributed by atoms with E-state index in [9.17, 15) is 18.0 Å². The number of carboxylic acid groups (broad SMARTS) is 1. The minimum atomic E-state index is -2.98. The van der Waals surface area contributed by atoms with Gasteiger partial charge < -0.3 is 10.4 Å². The van der Waals surface area contributed by atoms with Gasteiger partial charge in [-0.3, -0.25) is 4.79 Å². The number of rotatable bonds is 5. The zero-order valence-corrected chi connectivity index (χ0v) is 13.1. The molecule has 2 N–H and O–H groups in total. The van der Waals surface area contributed by atoms with Crippen LogP contribution in [0.3, 0.4) is 0 Å². The molecule has 21 heavy (non-hydrogen) atoms. The molecule has 1 saturated heterocycles. The molecule has 1 aromatic heterocycles. The van der Waals surface area contributed by atoms with Gasteiger partial charge in [-0.1, -0.05) is 0 Å². The van der Waals surface area contributed by atoms with Crippen molar-refractivity contribution < 1.29 is 23.1 Å². The van der Waals surface area contributed by atoms with Crippen molar-refractivity contribution in [1.29, 1.82) is 0 Å². The maximum absolute atomic E-state index is 11.8. The topological polar surface area (TPSA) is 113 Å². The zero-order valence-electron chi connectivity index (χ0n) is 11.5. The van der Waals surface area contributed by atoms with E-state index in [0.717, 1.165) is 11.3 Å². The Labute approximate surface area is 126 Å². The minimum Gasteiger partial charge on any atom is -0.477 e. The lowest BCUT2D eigenvalue weighted by atomic mass is 10.1. The minimum absolute atomic E-state index is 0.0694. The number of nitrogens with one attached hydrogen (secondary N) is 1. The fourth-order valence-electron chi connectivity index (χ4n) is 2.27. The fraction of sp³-hybridized carbons (Fsp3) is 0.583. The molecule has 1 aromatic rings. The summed E-state index contributed by atoms with van der Waals surface area (Å²) in [4.78, 5) is 26.9. The average Bonchev–Trinajstić information content (AvgIpc) is 2.90. The number of nitrogens with zero attached hydrogens (tertiary/aromatic N) is 1. The Hall–Kier alpha value is -1.48. The predicted molar refractivity (Wildman–Crippen MR) is 77.0 cm³/mol. The van der Waals surface area contributed by atoms with Gasteiger partial charge in [0.05, 0.1) is 23.7 Å². The summed E-state index contributed by atoms with van der Waals surface area (Å²) in [6.07, 6.45) is 0.699. The third-order valence-corrected chi connectivity index (χ3v) is 6.26. The van der Waals surface area contributed by atoms with Crippen LogP contribution in [0.5, 0.6) is 0 Å². The number of carbonyl (C=O) groups is 2. The number of carbonyl (C=O) groups excluding carboxylic acids is 1. The summed E-state index contributed by atoms with van der Waals surface area (Å²) >= 11 is 1.03. The van der Waals surface area contributed by atoms with Gasteiger partial charge in [0.2, 0.25) is 5.91 Å². The maximum Gasteiger partial charge on any atom is 0.347 e. The van der Waals surface area contributed by atoms with Crippen molar-refractivity contribution in [3.63, 3.8) is 0 Å². The molecule has 1 aliphatic heterocycles. The van der Waals surface area contributed by atoms with Crippen molar-refractivity contribution in [2.75, 3.05) is 11.5 Å². The normalized spacial score (nSPS) is 20.3. The Balaban J connectivity index is 1.84. The summed E-state index contributed by atoms with van der Waals surface area (Å²) in [5, 5.41) is 12.1. The van der Waals surface area contributed by atoms with Gasteiger partial charge in [-0.15, -0.1) is 11.3 Å². The smallest absolute Gasteiger partial charge is 0.347 e. The molecule has 1 atom stereocenters. The first-order chi connectivity index (χ1) is 9.77. The van der Waals surface area contributed by atoms with E-state index in [0.29, 0.717) is 17.1 Å². The fourth-order valence-corrected chi connectivity index (χ4v) is 4.97. The first kappa shape index (κ1) is 15.9. The van der Waals surface area contributed by atoms with E-state index in [4.69, 9.17) is 5.11 Å². The summed E-state index contributed by atoms with van der Waals surface area (Å²) in [6.45, 7) is 1.77. The highest BCUT2D eigenvalue weighted by Crippen LogP contribution is 2.22. The molecule has 9 heteroatoms. The molecule has 0 radical (unpaired) electrons. The molecule has 1 aliphatic rings. The van der Waals surface area contributed by atoms with E-state index in [-0.39, 0.29) is 41.2 Å². The number of hydrogen-bond donors (Lipinski definition) is 2. The van der Waals surface area contributed by atoms with Crippen LogP contribution >= 0.6 is 11.3 Å². The SMILES string of the molecule is Cc1nc(CNC(=O)CC2CCS(=O)(=O)C2)sc1C(=O)O. The average molecular weight is 332 g/mol. The van der Waals surface area contributed by atoms with Crippen LogP contribution in [-0.2, 0) is 21.2 Å². The standard InChI is InChI=1S/C12H16N2O5S2/c1-7-11(12(16)17)20-10(14-7)5-13-9(15)4-8-2-3-21(18,19)6-8/h8H,2-6H2,1H3,(H,13,15)(H,16,17). The van der Waals surface area contributed by atoms with Crippen molar-refractivity contribution in [3.8, 4) is 0 Å². The van der Waals surface area contributed by atoms with Crippen LogP contribution in [-0.4, -0.2) is 41.9 Å². The number of aromatic nitrogens is 1. The lowest BCUT2D eigenvalue weighted by Gasteiger charge is -2.07. The van der Waals surface area contributed by atoms with E-state index in [1.54, 1.807) is 6.92 Å². The molecule has 1 amide bonds. The molecule has 2 heterocycles. The number of carboxylic acids is 1. The van der Waals surface area contributed by atoms with Crippen LogP contribution in [0.4, 0.5) is 0 Å². The van der Waals surface area contributed by atoms with Crippen LogP contribution in [0.25, 0.3) is 0 Å². The summed E-state index contributed by atoms with van der Waals surface area (Å²) in [7, 11) is -2.98. The van der Waals surface area contributed by atoms with Crippen molar-refractivity contribution in [3.05, 3.63) is 15.6 Å². The predicted octanol–water partition coefficient (Wildman–Crippen LogP) is 0.591. The molecular formula is C12H16N2O5S2. The van der Waals surface area contributed by atoms with Crippen LogP contribution in [0, 0.1) is 12.8 Å². The van der Waals surface area contributed by atoms with Crippen molar-refractivity contribution in [2.45, 2.75) is 26.3 Å². The number of hydrogen-bond acceptors (Lipinski definition) is 6. The Morgan fingerprint density at radius 1 is 1.48 bits per heavy atom. The van der Waals surface area contributed by atoms with Crippen LogP contribution in [0.2, 0.25) is 0 Å². The summed E-state index contributed by atoms with van der Waals surface area (Å²) in [6, 6.07) is 0. The molecular weight excluding hydrogens is 316 g/mol. The van der Waals surface area contributed by atoms with Crippen molar-refractivity contribution in [2.24, 2.45) is 5.92 Å². The molecule has 1 fully saturated rings. The maximum atomic E-state index is 11.8. The number of aryl methyl sites for hydroxylation is 1. The van der Waals surface area contributed by atoms with Gasteiger partial charge in [0.25, 0.3) is 0 Å². The van der Waals surface area contributed by atoms with Gasteiger partial charge in [-0.2, -0.15) is 0 Å². The quantitative estimate of drug-likeness (QED) is 0.816. The van der Waals surface area contributed by atoms with E-state index >= 15 is 0 Å². The lowest BCUT2D eigenvalue weighted by molar-refractivity contribution is -0.122. The van der Waals surface area contributed by atoms with Crippen molar-refractivity contribution >= 4 is 33.1 Å². The van der Waals surface area contributed by atoms with E-state index < -0.39 is 15.8 Å². The first-order valence-corrected chi connectivity index (χ1v) is 9.07. The van der Waals surface area contributed by atoms with E-state index in [1.165, 1.54) is 0 Å². The first-order valence-electron chi connectivity index (χ1n) is 6.43. The Morgan fingerprint density at radius 2 is 2.19 bits per heavy atom. The number of sulfone groups is 1. The number of amides is 1. The second-order valence-electron chi connectivity index (χ2n) is 5.08. The summed E-state index contributed by atoms with van der Waals surface area (Å²) in [5.41, 5.74) is 0.429. The molecule has 0 spiro atoms. The molecule has 0 saturated carbocycles. The van der Waals surface area contributed by atoms with Gasteiger partial charge in [0.1, 0.15) is 9.88 Å². The molecule has 116 valence electrons. The third-order valence-electron chi connectivity index (χ3n) is 3.27. The van der Waals surface area contributed by atoms with Gasteiger partial charge in [0.15, 0.2) is 9.84 Å². The van der Waals surface area contributed by atoms with Gasteiger partial charge in [-0.05, 0) is 19.3 Å². The zero-order chi connectivity index (χ0) is 15.6. The van der Waals surface area contributed by atoms with Gasteiger partial charge in [0, 0.05) is 6.42 Å². The Kier molecular flexibility index (Phi) is 4.62. The highest BCUT2D eigenvalue weighted by atomic mass is 32.2. The lowest BCUT2D eigenvalue weighted by Crippen LogP contribution is -2.25. The highest BCUT2D eigenvalue weighted by molar-refractivity contribution is 7.91. The van der Waals surface area contributed by atoms with E-state index in [2.05, 4.69) is 10.3 Å².